The summed E-state index contributed by atoms with van der Waals surface area (Å²) in [5.41, 5.74) is 0. The minimum atomic E-state index is 0.272. The fourth-order valence-corrected chi connectivity index (χ4v) is 3.16. The van der Waals surface area contributed by atoms with E-state index in [4.69, 9.17) is 0 Å². The van der Waals surface area contributed by atoms with E-state index in [-0.39, 0.29) is 6.04 Å². The maximum absolute atomic E-state index is 12.3. The van der Waals surface area contributed by atoms with Crippen molar-refractivity contribution in [2.45, 2.75) is 91.0 Å². The van der Waals surface area contributed by atoms with Gasteiger partial charge in [-0.25, -0.2) is 0 Å². The number of carbonyl (C=O) groups is 2. The van der Waals surface area contributed by atoms with Gasteiger partial charge >= 0.3 is 0 Å². The monoisotopic (exact) mass is 402 g/mol. The normalized spacial score (nSPS) is 14.0. The van der Waals surface area contributed by atoms with Crippen LogP contribution in [0.15, 0.2) is 36.5 Å². The third kappa shape index (κ3) is 13.1. The van der Waals surface area contributed by atoms with Crippen LogP contribution in [0.5, 0.6) is 0 Å². The number of rotatable bonds is 16. The smallest absolute Gasteiger partial charge is 0.222 e. The summed E-state index contributed by atoms with van der Waals surface area (Å²) >= 11 is 0. The molecule has 1 heterocycles. The van der Waals surface area contributed by atoms with E-state index in [0.717, 1.165) is 71.0 Å². The Labute approximate surface area is 178 Å². The van der Waals surface area contributed by atoms with Gasteiger partial charge in [-0.05, 0) is 52.4 Å². The van der Waals surface area contributed by atoms with Crippen LogP contribution in [-0.4, -0.2) is 47.3 Å². The number of amides is 2. The molecule has 0 atom stereocenters. The Hall–Kier alpha value is -1.84. The number of carbonyl (C=O) groups excluding carboxylic acids is 2. The molecule has 0 unspecified atom stereocenters. The van der Waals surface area contributed by atoms with E-state index in [1.54, 1.807) is 0 Å². The second-order valence-corrected chi connectivity index (χ2v) is 8.09. The second kappa shape index (κ2) is 16.0. The van der Waals surface area contributed by atoms with Crippen molar-refractivity contribution in [1.29, 1.82) is 0 Å². The summed E-state index contributed by atoms with van der Waals surface area (Å²) in [7, 11) is 0. The van der Waals surface area contributed by atoms with E-state index in [1.165, 1.54) is 0 Å². The van der Waals surface area contributed by atoms with Gasteiger partial charge < -0.3 is 9.80 Å². The van der Waals surface area contributed by atoms with E-state index >= 15 is 0 Å². The van der Waals surface area contributed by atoms with E-state index < -0.39 is 0 Å². The lowest BCUT2D eigenvalue weighted by Crippen LogP contribution is -2.37. The van der Waals surface area contributed by atoms with Crippen molar-refractivity contribution in [3.05, 3.63) is 36.5 Å². The van der Waals surface area contributed by atoms with Crippen LogP contribution in [0.2, 0.25) is 0 Å². The van der Waals surface area contributed by atoms with Gasteiger partial charge in [0.1, 0.15) is 0 Å². The zero-order chi connectivity index (χ0) is 21.3. The van der Waals surface area contributed by atoms with Crippen molar-refractivity contribution in [3.8, 4) is 0 Å². The lowest BCUT2D eigenvalue weighted by molar-refractivity contribution is -0.133. The third-order valence-corrected chi connectivity index (χ3v) is 5.08. The summed E-state index contributed by atoms with van der Waals surface area (Å²) in [4.78, 5) is 27.7. The molecular formula is C25H42N2O2. The molecule has 0 spiro atoms. The SMILES string of the molecule is CCCCCC(=O)N(CCC=CCC=CCC=CCCCC(=O)N1CC1)C(C)C. The van der Waals surface area contributed by atoms with Gasteiger partial charge in [-0.3, -0.25) is 9.59 Å². The zero-order valence-electron chi connectivity index (χ0n) is 18.9. The first-order chi connectivity index (χ1) is 14.1. The molecule has 0 aromatic heterocycles. The zero-order valence-corrected chi connectivity index (χ0v) is 18.9. The summed E-state index contributed by atoms with van der Waals surface area (Å²) in [5, 5.41) is 0. The second-order valence-electron chi connectivity index (χ2n) is 8.09. The maximum atomic E-state index is 12.3. The highest BCUT2D eigenvalue weighted by molar-refractivity contribution is 5.78. The molecule has 1 saturated heterocycles. The van der Waals surface area contributed by atoms with Crippen LogP contribution < -0.4 is 0 Å². The highest BCUT2D eigenvalue weighted by Gasteiger charge is 2.22. The van der Waals surface area contributed by atoms with Gasteiger partial charge in [-0.2, -0.15) is 0 Å². The third-order valence-electron chi connectivity index (χ3n) is 5.08. The van der Waals surface area contributed by atoms with Gasteiger partial charge in [-0.1, -0.05) is 56.2 Å². The number of unbranched alkanes of at least 4 members (excludes halogenated alkanes) is 3. The Morgan fingerprint density at radius 1 is 0.862 bits per heavy atom. The quantitative estimate of drug-likeness (QED) is 0.190. The van der Waals surface area contributed by atoms with Gasteiger partial charge in [0.2, 0.25) is 11.8 Å². The summed E-state index contributed by atoms with van der Waals surface area (Å²) in [6.45, 7) is 9.09. The van der Waals surface area contributed by atoms with Crippen molar-refractivity contribution in [1.82, 2.24) is 9.80 Å². The number of nitrogens with zero attached hydrogens (tertiary/aromatic N) is 2. The molecule has 1 aliphatic rings. The Morgan fingerprint density at radius 3 is 2.07 bits per heavy atom. The molecule has 0 aromatic carbocycles. The van der Waals surface area contributed by atoms with Crippen molar-refractivity contribution >= 4 is 11.8 Å². The Bertz CT molecular complexity index is 545. The van der Waals surface area contributed by atoms with Crippen molar-refractivity contribution in [2.75, 3.05) is 19.6 Å². The molecule has 4 nitrogen and oxygen atoms in total. The largest absolute Gasteiger partial charge is 0.340 e. The van der Waals surface area contributed by atoms with Crippen LogP contribution in [0.25, 0.3) is 0 Å². The van der Waals surface area contributed by atoms with E-state index in [0.29, 0.717) is 24.7 Å². The van der Waals surface area contributed by atoms with Crippen LogP contribution in [-0.2, 0) is 9.59 Å². The molecule has 4 heteroatoms. The standard InChI is InChI=1S/C25H42N2O2/c1-4-5-15-19-25(29)27(23(2)3)20-17-14-12-10-8-6-7-9-11-13-16-18-24(28)26-21-22-26/h6,8-9,11-12,14,23H,4-5,7,10,13,15-22H2,1-3H3. The molecule has 0 saturated carbocycles. The predicted molar refractivity (Wildman–Crippen MR) is 123 cm³/mol. The van der Waals surface area contributed by atoms with Gasteiger partial charge in [0, 0.05) is 38.5 Å². The van der Waals surface area contributed by atoms with Gasteiger partial charge in [0.05, 0.1) is 0 Å². The van der Waals surface area contributed by atoms with E-state index in [1.807, 2.05) is 9.80 Å². The number of allylic oxidation sites excluding steroid dienone is 5. The maximum Gasteiger partial charge on any atom is 0.222 e. The van der Waals surface area contributed by atoms with E-state index in [2.05, 4.69) is 57.2 Å². The molecule has 0 aromatic rings. The molecular weight excluding hydrogens is 360 g/mol. The van der Waals surface area contributed by atoms with E-state index in [9.17, 15) is 9.59 Å². The van der Waals surface area contributed by atoms with Crippen LogP contribution >= 0.6 is 0 Å². The Kier molecular flexibility index (Phi) is 13.9. The molecule has 0 N–H and O–H groups in total. The van der Waals surface area contributed by atoms with Gasteiger partial charge in [0.25, 0.3) is 0 Å². The fourth-order valence-electron chi connectivity index (χ4n) is 3.16. The average Bonchev–Trinajstić information content (AvgIpc) is 3.53. The topological polar surface area (TPSA) is 40.4 Å². The van der Waals surface area contributed by atoms with Crippen LogP contribution in [0.3, 0.4) is 0 Å². The summed E-state index contributed by atoms with van der Waals surface area (Å²) in [5.74, 6) is 0.602. The fraction of sp³-hybridized carbons (Fsp3) is 0.680. The van der Waals surface area contributed by atoms with Crippen molar-refractivity contribution < 1.29 is 9.59 Å². The minimum absolute atomic E-state index is 0.272. The molecule has 2 amide bonds. The molecule has 0 bridgehead atoms. The van der Waals surface area contributed by atoms with Crippen LogP contribution in [0.4, 0.5) is 0 Å². The Balaban J connectivity index is 2.06. The van der Waals surface area contributed by atoms with Gasteiger partial charge in [0.15, 0.2) is 0 Å². The number of hydrogen-bond donors (Lipinski definition) is 0. The van der Waals surface area contributed by atoms with Crippen LogP contribution in [0, 0.1) is 0 Å². The molecule has 29 heavy (non-hydrogen) atoms. The predicted octanol–water partition coefficient (Wildman–Crippen LogP) is 5.66. The highest BCUT2D eigenvalue weighted by Crippen LogP contribution is 2.10. The highest BCUT2D eigenvalue weighted by atomic mass is 16.2. The molecule has 1 fully saturated rings. The minimum Gasteiger partial charge on any atom is -0.340 e. The summed E-state index contributed by atoms with van der Waals surface area (Å²) < 4.78 is 0. The Morgan fingerprint density at radius 2 is 1.48 bits per heavy atom. The first kappa shape index (κ1) is 25.2. The number of hydrogen-bond acceptors (Lipinski definition) is 2. The first-order valence-corrected chi connectivity index (χ1v) is 11.6. The molecule has 164 valence electrons. The molecule has 0 radical (unpaired) electrons. The van der Waals surface area contributed by atoms with Crippen LogP contribution in [0.1, 0.15) is 85.0 Å². The summed E-state index contributed by atoms with van der Waals surface area (Å²) in [6, 6.07) is 0.272. The first-order valence-electron chi connectivity index (χ1n) is 11.6. The lowest BCUT2D eigenvalue weighted by atomic mass is 10.1. The molecule has 1 rings (SSSR count). The lowest BCUT2D eigenvalue weighted by Gasteiger charge is -2.26. The van der Waals surface area contributed by atoms with Gasteiger partial charge in [-0.15, -0.1) is 0 Å². The average molecular weight is 403 g/mol. The molecule has 0 aliphatic carbocycles. The van der Waals surface area contributed by atoms with Crippen molar-refractivity contribution in [3.63, 3.8) is 0 Å². The summed E-state index contributed by atoms with van der Waals surface area (Å²) in [6.07, 6.45) is 22.5. The van der Waals surface area contributed by atoms with Crippen molar-refractivity contribution in [2.24, 2.45) is 0 Å². The molecule has 1 aliphatic heterocycles.